The molecule has 1 saturated heterocycles. The summed E-state index contributed by atoms with van der Waals surface area (Å²) in [6.45, 7) is 3.68. The zero-order valence-corrected chi connectivity index (χ0v) is 20.3. The number of carbonyl (C=O) groups is 1. The molecule has 2 aromatic carbocycles. The van der Waals surface area contributed by atoms with Crippen LogP contribution in [0.3, 0.4) is 0 Å². The molecule has 1 fully saturated rings. The molecule has 0 spiro atoms. The molecule has 174 valence electrons. The van der Waals surface area contributed by atoms with E-state index in [1.54, 1.807) is 13.0 Å². The van der Waals surface area contributed by atoms with Gasteiger partial charge in [0.2, 0.25) is 4.90 Å². The summed E-state index contributed by atoms with van der Waals surface area (Å²) >= 11 is 12.3. The predicted molar refractivity (Wildman–Crippen MR) is 125 cm³/mol. The van der Waals surface area contributed by atoms with Crippen molar-refractivity contribution in [3.05, 3.63) is 58.1 Å². The van der Waals surface area contributed by atoms with Crippen LogP contribution in [0.4, 0.5) is 5.69 Å². The van der Waals surface area contributed by atoms with E-state index in [0.717, 1.165) is 11.3 Å². The van der Waals surface area contributed by atoms with Crippen LogP contribution in [0.1, 0.15) is 12.5 Å². The van der Waals surface area contributed by atoms with Gasteiger partial charge in [-0.15, -0.1) is 4.31 Å². The fourth-order valence-corrected chi connectivity index (χ4v) is 6.15. The molecule has 0 N–H and O–H groups in total. The standard InChI is InChI=1S/C22H26Cl2N2O5S/c1-3-31-22(27)20(30-2)15-16-6-4-7-17(14-16)25-10-12-26(13-11-25)32(28,29)21-18(23)8-5-9-19(21)24/h4-9,14,20H,3,10-13,15H2,1-2H3. The third kappa shape index (κ3) is 5.62. The zero-order chi connectivity index (χ0) is 23.3. The van der Waals surface area contributed by atoms with Crippen molar-refractivity contribution >= 4 is 45.3 Å². The molecule has 0 radical (unpaired) electrons. The highest BCUT2D eigenvalue weighted by Crippen LogP contribution is 2.35. The van der Waals surface area contributed by atoms with Gasteiger partial charge in [0.25, 0.3) is 0 Å². The van der Waals surface area contributed by atoms with Crippen LogP contribution in [-0.2, 0) is 35.3 Å². The second-order valence-corrected chi connectivity index (χ2v) is 9.98. The number of anilines is 1. The summed E-state index contributed by atoms with van der Waals surface area (Å²) in [5, 5.41) is 0.226. The van der Waals surface area contributed by atoms with Gasteiger partial charge in [0.1, 0.15) is 0 Å². The summed E-state index contributed by atoms with van der Waals surface area (Å²) in [6.07, 6.45) is -0.282. The van der Waals surface area contributed by atoms with Crippen molar-refractivity contribution in [3.63, 3.8) is 0 Å². The molecule has 32 heavy (non-hydrogen) atoms. The lowest BCUT2D eigenvalue weighted by molar-refractivity contribution is -0.154. The molecule has 0 bridgehead atoms. The van der Waals surface area contributed by atoms with Gasteiger partial charge in [-0.05, 0) is 36.8 Å². The van der Waals surface area contributed by atoms with Gasteiger partial charge in [-0.1, -0.05) is 45.6 Å². The highest BCUT2D eigenvalue weighted by Gasteiger charge is 2.37. The largest absolute Gasteiger partial charge is 0.593 e. The van der Waals surface area contributed by atoms with Crippen LogP contribution >= 0.6 is 23.2 Å². The smallest absolute Gasteiger partial charge is 0.335 e. The molecule has 0 aliphatic carbocycles. The molecule has 2 aromatic rings. The van der Waals surface area contributed by atoms with Crippen molar-refractivity contribution in [2.45, 2.75) is 24.3 Å². The summed E-state index contributed by atoms with van der Waals surface area (Å²) in [4.78, 5) is 14.1. The number of hydrogen-bond donors (Lipinski definition) is 0. The average Bonchev–Trinajstić information content (AvgIpc) is 2.77. The van der Waals surface area contributed by atoms with Crippen LogP contribution in [0.25, 0.3) is 0 Å². The maximum atomic E-state index is 13.1. The predicted octanol–water partition coefficient (Wildman–Crippen LogP) is 3.84. The molecule has 1 aliphatic heterocycles. The molecular weight excluding hydrogens is 475 g/mol. The van der Waals surface area contributed by atoms with Gasteiger partial charge in [0, 0.05) is 32.3 Å². The lowest BCUT2D eigenvalue weighted by atomic mass is 10.1. The first-order chi connectivity index (χ1) is 15.3. The molecule has 2 atom stereocenters. The van der Waals surface area contributed by atoms with Gasteiger partial charge in [-0.25, -0.2) is 4.79 Å². The molecule has 7 nitrogen and oxygen atoms in total. The van der Waals surface area contributed by atoms with E-state index in [4.69, 9.17) is 32.7 Å². The lowest BCUT2D eigenvalue weighted by Gasteiger charge is -2.37. The van der Waals surface area contributed by atoms with E-state index in [1.165, 1.54) is 23.5 Å². The number of methoxy groups -OCH3 is 1. The third-order valence-electron chi connectivity index (χ3n) is 5.29. The van der Waals surface area contributed by atoms with E-state index in [0.29, 0.717) is 39.2 Å². The Morgan fingerprint density at radius 3 is 2.34 bits per heavy atom. The number of piperazine rings is 1. The van der Waals surface area contributed by atoms with Crippen LogP contribution in [0.2, 0.25) is 10.0 Å². The van der Waals surface area contributed by atoms with E-state index in [-0.39, 0.29) is 14.9 Å². The molecule has 0 aromatic heterocycles. The number of nitrogens with zero attached hydrogens (tertiary/aromatic N) is 2. The van der Waals surface area contributed by atoms with Crippen LogP contribution in [0, 0.1) is 0 Å². The van der Waals surface area contributed by atoms with Gasteiger partial charge in [-0.2, -0.15) is 0 Å². The quantitative estimate of drug-likeness (QED) is 0.404. The van der Waals surface area contributed by atoms with Crippen molar-refractivity contribution < 1.29 is 23.0 Å². The number of carbonyl (C=O) groups excluding carboxylic acids is 1. The van der Waals surface area contributed by atoms with Crippen molar-refractivity contribution in [1.29, 1.82) is 0 Å². The van der Waals surface area contributed by atoms with Crippen molar-refractivity contribution in [3.8, 4) is 0 Å². The first-order valence-corrected chi connectivity index (χ1v) is 12.4. The summed E-state index contributed by atoms with van der Waals surface area (Å²) in [6, 6.07) is 12.4. The van der Waals surface area contributed by atoms with E-state index in [2.05, 4.69) is 4.90 Å². The van der Waals surface area contributed by atoms with Gasteiger partial charge in [0.15, 0.2) is 16.5 Å². The van der Waals surface area contributed by atoms with E-state index >= 15 is 0 Å². The van der Waals surface area contributed by atoms with Gasteiger partial charge in [0.05, 0.1) is 29.7 Å². The number of hydrogen-bond acceptors (Lipinski definition) is 6. The fraction of sp³-hybridized carbons (Fsp3) is 0.409. The minimum Gasteiger partial charge on any atom is -0.593 e. The summed E-state index contributed by atoms with van der Waals surface area (Å²) in [5.41, 5.74) is 1.88. The highest BCUT2D eigenvalue weighted by molar-refractivity contribution is 7.95. The molecule has 2 unspecified atom stereocenters. The number of sulfonamides is 1. The SMILES string of the molecule is CCOC(=O)C(Cc1cccc(N2CCN([S+](=O)([O-])c3c(Cl)cccc3Cl)CC2)c1)OC. The summed E-state index contributed by atoms with van der Waals surface area (Å²) < 4.78 is 37.9. The van der Waals surface area contributed by atoms with E-state index in [9.17, 15) is 13.6 Å². The Morgan fingerprint density at radius 2 is 1.75 bits per heavy atom. The Balaban J connectivity index is 1.68. The Labute approximate surface area is 199 Å². The molecule has 3 rings (SSSR count). The Kier molecular flexibility index (Phi) is 8.55. The second-order valence-electron chi connectivity index (χ2n) is 7.29. The van der Waals surface area contributed by atoms with Crippen LogP contribution in [0.15, 0.2) is 47.4 Å². The molecule has 0 amide bonds. The Hall–Kier alpha value is -1.68. The molecule has 10 heteroatoms. The molecule has 0 saturated carbocycles. The highest BCUT2D eigenvalue weighted by atomic mass is 35.5. The maximum absolute atomic E-state index is 13.1. The molecule has 1 aliphatic rings. The number of halogens is 2. The zero-order valence-electron chi connectivity index (χ0n) is 18.0. The van der Waals surface area contributed by atoms with Crippen molar-refractivity contribution in [1.82, 2.24) is 4.31 Å². The van der Waals surface area contributed by atoms with Gasteiger partial charge >= 0.3 is 5.97 Å². The number of rotatable bonds is 8. The minimum atomic E-state index is -3.80. The molecular formula is C22H26Cl2N2O5S. The van der Waals surface area contributed by atoms with Crippen molar-refractivity contribution in [2.75, 3.05) is 44.8 Å². The summed E-state index contributed by atoms with van der Waals surface area (Å²) in [7, 11) is -2.31. The summed E-state index contributed by atoms with van der Waals surface area (Å²) in [5.74, 6) is -0.391. The maximum Gasteiger partial charge on any atom is 0.335 e. The normalized spacial score (nSPS) is 17.6. The van der Waals surface area contributed by atoms with Gasteiger partial charge < -0.3 is 18.9 Å². The fourth-order valence-electron chi connectivity index (χ4n) is 3.64. The third-order valence-corrected chi connectivity index (χ3v) is 8.14. The minimum absolute atomic E-state index is 0.0525. The topological polar surface area (TPSA) is 82.1 Å². The first kappa shape index (κ1) is 25.0. The number of esters is 1. The average molecular weight is 501 g/mol. The second kappa shape index (κ2) is 11.0. The monoisotopic (exact) mass is 500 g/mol. The van der Waals surface area contributed by atoms with E-state index < -0.39 is 22.5 Å². The van der Waals surface area contributed by atoms with Gasteiger partial charge in [-0.3, -0.25) is 0 Å². The Morgan fingerprint density at radius 1 is 1.12 bits per heavy atom. The lowest BCUT2D eigenvalue weighted by Crippen LogP contribution is -2.51. The van der Waals surface area contributed by atoms with Crippen LogP contribution in [0.5, 0.6) is 0 Å². The first-order valence-electron chi connectivity index (χ1n) is 10.3. The Bertz CT molecular complexity index is 978. The number of ether oxygens (including phenoxy) is 2. The van der Waals surface area contributed by atoms with Crippen LogP contribution in [-0.4, -0.2) is 60.8 Å². The molecule has 1 heterocycles. The van der Waals surface area contributed by atoms with Crippen LogP contribution < -0.4 is 4.90 Å². The number of benzene rings is 2. The van der Waals surface area contributed by atoms with E-state index in [1.807, 2.05) is 24.3 Å². The van der Waals surface area contributed by atoms with Crippen molar-refractivity contribution in [2.24, 2.45) is 0 Å².